The van der Waals surface area contributed by atoms with Gasteiger partial charge in [-0.15, -0.1) is 0 Å². The van der Waals surface area contributed by atoms with E-state index in [1.54, 1.807) is 0 Å². The van der Waals surface area contributed by atoms with Crippen LogP contribution in [0.2, 0.25) is 78.6 Å². The topological polar surface area (TPSA) is 36.9 Å². The number of hydrogen-bond acceptors (Lipinski definition) is 4. The molecule has 0 spiro atoms. The monoisotopic (exact) mass is 592 g/mol. The molecule has 0 radical (unpaired) electrons. The molecule has 3 aliphatic carbocycles. The zero-order valence-corrected chi connectivity index (χ0v) is 30.7. The van der Waals surface area contributed by atoms with Gasteiger partial charge in [0.2, 0.25) is 16.6 Å². The Morgan fingerprint density at radius 2 is 1.26 bits per heavy atom. The van der Waals surface area contributed by atoms with Crippen LogP contribution in [0, 0.1) is 17.3 Å². The highest BCUT2D eigenvalue weighted by atomic mass is 28.4. The average Bonchev–Trinajstić information content (AvgIpc) is 2.95. The molecular formula is C30H56O4Si4. The van der Waals surface area contributed by atoms with E-state index in [1.807, 2.05) is 0 Å². The molecule has 0 heterocycles. The van der Waals surface area contributed by atoms with Gasteiger partial charge in [0.05, 0.1) is 12.2 Å². The SMILES string of the molecule is CC12CCC3c4cc(O[Si](C)(C)C)c(O[Si](C)(C)C)cc4CCC3C1CC(O[Si](C)(C)C)C2O[Si](C)(C)C. The molecule has 2 fully saturated rings. The molecule has 6 unspecified atom stereocenters. The second-order valence-electron chi connectivity index (χ2n) is 16.5. The van der Waals surface area contributed by atoms with Gasteiger partial charge in [-0.05, 0) is 157 Å². The fraction of sp³-hybridized carbons (Fsp3) is 0.800. The summed E-state index contributed by atoms with van der Waals surface area (Å²) in [5.41, 5.74) is 3.23. The Morgan fingerprint density at radius 3 is 1.79 bits per heavy atom. The molecule has 38 heavy (non-hydrogen) atoms. The molecule has 3 aliphatic rings. The minimum Gasteiger partial charge on any atom is -0.542 e. The van der Waals surface area contributed by atoms with Gasteiger partial charge in [0.15, 0.2) is 16.6 Å². The largest absolute Gasteiger partial charge is 0.542 e. The van der Waals surface area contributed by atoms with Crippen molar-refractivity contribution in [3.63, 3.8) is 0 Å². The van der Waals surface area contributed by atoms with Crippen molar-refractivity contribution in [2.75, 3.05) is 0 Å². The maximum atomic E-state index is 7.02. The van der Waals surface area contributed by atoms with Crippen LogP contribution < -0.4 is 8.85 Å². The highest BCUT2D eigenvalue weighted by Gasteiger charge is 2.60. The van der Waals surface area contributed by atoms with Crippen LogP contribution in [0.3, 0.4) is 0 Å². The lowest BCUT2D eigenvalue weighted by Gasteiger charge is -2.51. The van der Waals surface area contributed by atoms with Crippen LogP contribution >= 0.6 is 0 Å². The molecule has 8 heteroatoms. The summed E-state index contributed by atoms with van der Waals surface area (Å²) in [6, 6.07) is 4.76. The van der Waals surface area contributed by atoms with E-state index in [4.69, 9.17) is 17.7 Å². The third kappa shape index (κ3) is 6.90. The van der Waals surface area contributed by atoms with Crippen molar-refractivity contribution in [1.82, 2.24) is 0 Å². The number of aryl methyl sites for hydroxylation is 1. The average molecular weight is 593 g/mol. The van der Waals surface area contributed by atoms with Crippen molar-refractivity contribution in [3.05, 3.63) is 23.3 Å². The summed E-state index contributed by atoms with van der Waals surface area (Å²) in [4.78, 5) is 0. The molecule has 0 amide bonds. The molecule has 0 saturated heterocycles. The molecule has 4 nitrogen and oxygen atoms in total. The third-order valence-electron chi connectivity index (χ3n) is 8.52. The van der Waals surface area contributed by atoms with Crippen LogP contribution in [0.4, 0.5) is 0 Å². The zero-order chi connectivity index (χ0) is 28.5. The maximum absolute atomic E-state index is 7.02. The second kappa shape index (κ2) is 10.2. The minimum absolute atomic E-state index is 0.196. The number of rotatable bonds is 8. The Morgan fingerprint density at radius 1 is 0.711 bits per heavy atom. The van der Waals surface area contributed by atoms with Gasteiger partial charge in [0, 0.05) is 0 Å². The summed E-state index contributed by atoms with van der Waals surface area (Å²) in [5, 5.41) is 0. The van der Waals surface area contributed by atoms with Gasteiger partial charge in [0.1, 0.15) is 11.5 Å². The quantitative estimate of drug-likeness (QED) is 0.282. The van der Waals surface area contributed by atoms with Crippen LogP contribution in [0.5, 0.6) is 11.5 Å². The van der Waals surface area contributed by atoms with Crippen LogP contribution in [0.1, 0.15) is 49.7 Å². The lowest BCUT2D eigenvalue weighted by molar-refractivity contribution is -0.0363. The van der Waals surface area contributed by atoms with E-state index >= 15 is 0 Å². The van der Waals surface area contributed by atoms with E-state index in [9.17, 15) is 0 Å². The van der Waals surface area contributed by atoms with E-state index in [0.29, 0.717) is 17.8 Å². The Bertz CT molecular complexity index is 1020. The van der Waals surface area contributed by atoms with E-state index in [-0.39, 0.29) is 17.6 Å². The van der Waals surface area contributed by atoms with Gasteiger partial charge in [0.25, 0.3) is 0 Å². The fourth-order valence-electron chi connectivity index (χ4n) is 7.50. The summed E-state index contributed by atoms with van der Waals surface area (Å²) in [6.45, 7) is 30.2. The van der Waals surface area contributed by atoms with E-state index < -0.39 is 33.3 Å². The van der Waals surface area contributed by atoms with Gasteiger partial charge < -0.3 is 17.7 Å². The first-order valence-electron chi connectivity index (χ1n) is 15.1. The van der Waals surface area contributed by atoms with E-state index in [0.717, 1.165) is 24.3 Å². The second-order valence-corrected chi connectivity index (χ2v) is 34.3. The molecular weight excluding hydrogens is 537 g/mol. The van der Waals surface area contributed by atoms with Gasteiger partial charge in [-0.2, -0.15) is 0 Å². The summed E-state index contributed by atoms with van der Waals surface area (Å²) in [5.74, 6) is 3.91. The van der Waals surface area contributed by atoms with Gasteiger partial charge in [-0.1, -0.05) is 6.92 Å². The zero-order valence-electron chi connectivity index (χ0n) is 26.7. The first kappa shape index (κ1) is 30.6. The standard InChI is InChI=1S/C30H56O4Si4/c1-30-17-16-22-23(25(30)20-28(33-37(8,9)10)29(30)34-38(11,12)13)15-14-21-18-26(31-35(2,3)4)27(19-24(21)22)32-36(5,6)7/h18-19,22-23,25,28-29H,14-17,20H2,1-13H3. The van der Waals surface area contributed by atoms with Crippen LogP contribution in [0.25, 0.3) is 0 Å². The predicted octanol–water partition coefficient (Wildman–Crippen LogP) is 9.02. The highest BCUT2D eigenvalue weighted by molar-refractivity contribution is 6.71. The molecule has 1 aromatic rings. The Hall–Kier alpha value is -0.392. The summed E-state index contributed by atoms with van der Waals surface area (Å²) >= 11 is 0. The fourth-order valence-corrected chi connectivity index (χ4v) is 11.4. The van der Waals surface area contributed by atoms with Crippen LogP contribution in [-0.4, -0.2) is 45.5 Å². The van der Waals surface area contributed by atoms with Gasteiger partial charge in [-0.25, -0.2) is 0 Å². The van der Waals surface area contributed by atoms with Crippen molar-refractivity contribution in [3.8, 4) is 11.5 Å². The molecule has 4 rings (SSSR count). The van der Waals surface area contributed by atoms with E-state index in [2.05, 4.69) is 97.6 Å². The predicted molar refractivity (Wildman–Crippen MR) is 171 cm³/mol. The molecule has 216 valence electrons. The Kier molecular flexibility index (Phi) is 8.17. The Balaban J connectivity index is 1.70. The van der Waals surface area contributed by atoms with Crippen LogP contribution in [-0.2, 0) is 15.3 Å². The minimum atomic E-state index is -1.78. The summed E-state index contributed by atoms with van der Waals surface area (Å²) in [7, 11) is -6.92. The normalized spacial score (nSPS) is 31.9. The van der Waals surface area contributed by atoms with Crippen LogP contribution in [0.15, 0.2) is 12.1 Å². The van der Waals surface area contributed by atoms with Crippen molar-refractivity contribution < 1.29 is 17.7 Å². The summed E-state index contributed by atoms with van der Waals surface area (Å²) < 4.78 is 27.2. The maximum Gasteiger partial charge on any atom is 0.242 e. The van der Waals surface area contributed by atoms with Gasteiger partial charge in [-0.3, -0.25) is 0 Å². The van der Waals surface area contributed by atoms with Crippen molar-refractivity contribution >= 4 is 33.3 Å². The molecule has 0 aliphatic heterocycles. The van der Waals surface area contributed by atoms with Crippen molar-refractivity contribution in [2.45, 2.75) is 136 Å². The summed E-state index contributed by atoms with van der Waals surface area (Å²) in [6.07, 6.45) is 6.47. The van der Waals surface area contributed by atoms with Crippen molar-refractivity contribution in [1.29, 1.82) is 0 Å². The molecule has 0 aromatic heterocycles. The van der Waals surface area contributed by atoms with Gasteiger partial charge >= 0.3 is 0 Å². The number of hydrogen-bond donors (Lipinski definition) is 0. The first-order chi connectivity index (χ1) is 17.2. The van der Waals surface area contributed by atoms with E-state index in [1.165, 1.54) is 30.4 Å². The molecule has 2 saturated carbocycles. The Labute approximate surface area is 238 Å². The molecule has 6 atom stereocenters. The smallest absolute Gasteiger partial charge is 0.242 e. The lowest BCUT2D eigenvalue weighted by Crippen LogP contribution is -2.50. The molecule has 0 bridgehead atoms. The van der Waals surface area contributed by atoms with Crippen molar-refractivity contribution in [2.24, 2.45) is 17.3 Å². The highest BCUT2D eigenvalue weighted by Crippen LogP contribution is 2.63. The lowest BCUT2D eigenvalue weighted by atomic mass is 9.55. The number of fused-ring (bicyclic) bond motifs is 5. The third-order valence-corrected chi connectivity index (χ3v) is 12.2. The molecule has 1 aromatic carbocycles. The molecule has 0 N–H and O–H groups in total. The number of benzene rings is 1. The first-order valence-corrected chi connectivity index (χ1v) is 28.7.